The highest BCUT2D eigenvalue weighted by molar-refractivity contribution is 5.37. The second kappa shape index (κ2) is 7.48. The van der Waals surface area contributed by atoms with Gasteiger partial charge >= 0.3 is 0 Å². The first-order valence-electron chi connectivity index (χ1n) is 7.12. The molecule has 0 aliphatic heterocycles. The van der Waals surface area contributed by atoms with Crippen LogP contribution in [-0.4, -0.2) is 18.8 Å². The van der Waals surface area contributed by atoms with Crippen molar-refractivity contribution < 1.29 is 23.0 Å². The minimum absolute atomic E-state index is 0.0454. The van der Waals surface area contributed by atoms with Crippen LogP contribution in [0.15, 0.2) is 36.4 Å². The van der Waals surface area contributed by atoms with E-state index >= 15 is 0 Å². The molecule has 0 saturated heterocycles. The molecule has 0 heterocycles. The Labute approximate surface area is 132 Å². The first kappa shape index (κ1) is 17.3. The van der Waals surface area contributed by atoms with Crippen molar-refractivity contribution in [1.29, 1.82) is 0 Å². The van der Waals surface area contributed by atoms with E-state index in [1.54, 1.807) is 19.1 Å². The third kappa shape index (κ3) is 4.03. The number of ether oxygens (including phenoxy) is 1. The maximum Gasteiger partial charge on any atom is 0.159 e. The quantitative estimate of drug-likeness (QED) is 0.854. The van der Waals surface area contributed by atoms with Crippen LogP contribution < -0.4 is 10.1 Å². The lowest BCUT2D eigenvalue weighted by Crippen LogP contribution is -2.25. The van der Waals surface area contributed by atoms with Crippen LogP contribution in [0.3, 0.4) is 0 Å². The van der Waals surface area contributed by atoms with E-state index in [0.717, 1.165) is 12.1 Å². The molecule has 23 heavy (non-hydrogen) atoms. The largest absolute Gasteiger partial charge is 0.496 e. The lowest BCUT2D eigenvalue weighted by atomic mass is 10.0. The number of hydrogen-bond acceptors (Lipinski definition) is 3. The fraction of sp³-hybridized carbons (Fsp3) is 0.294. The smallest absolute Gasteiger partial charge is 0.159 e. The third-order valence-electron chi connectivity index (χ3n) is 3.61. The molecule has 2 aromatic rings. The van der Waals surface area contributed by atoms with Gasteiger partial charge in [-0.2, -0.15) is 0 Å². The van der Waals surface area contributed by atoms with Crippen molar-refractivity contribution in [2.75, 3.05) is 13.7 Å². The van der Waals surface area contributed by atoms with Crippen molar-refractivity contribution in [2.45, 2.75) is 19.1 Å². The second-order valence-corrected chi connectivity index (χ2v) is 5.18. The van der Waals surface area contributed by atoms with Crippen molar-refractivity contribution in [1.82, 2.24) is 5.32 Å². The summed E-state index contributed by atoms with van der Waals surface area (Å²) in [6.07, 6.45) is -1.05. The van der Waals surface area contributed by atoms with Gasteiger partial charge in [0.25, 0.3) is 0 Å². The topological polar surface area (TPSA) is 41.5 Å². The summed E-state index contributed by atoms with van der Waals surface area (Å²) >= 11 is 0. The molecule has 3 nitrogen and oxygen atoms in total. The molecule has 0 aliphatic carbocycles. The number of methoxy groups -OCH3 is 1. The summed E-state index contributed by atoms with van der Waals surface area (Å²) < 4.78 is 45.2. The average Bonchev–Trinajstić information content (AvgIpc) is 2.54. The van der Waals surface area contributed by atoms with Crippen LogP contribution in [0.2, 0.25) is 0 Å². The van der Waals surface area contributed by atoms with Gasteiger partial charge in [0.15, 0.2) is 11.6 Å². The molecule has 2 N–H and O–H groups in total. The number of hydrogen-bond donors (Lipinski definition) is 2. The van der Waals surface area contributed by atoms with Gasteiger partial charge in [-0.3, -0.25) is 0 Å². The predicted molar refractivity (Wildman–Crippen MR) is 80.7 cm³/mol. The molecule has 0 saturated carbocycles. The fourth-order valence-corrected chi connectivity index (χ4v) is 2.34. The predicted octanol–water partition coefficient (Wildman–Crippen LogP) is 3.50. The standard InChI is InChI=1S/C17H18F3NO2/c1-10(17-13(19)4-3-5-16(17)23-2)21-9-15(22)11-6-7-12(18)14(20)8-11/h3-8,10,15,21-22H,9H2,1-2H3. The molecular weight excluding hydrogens is 307 g/mol. The van der Waals surface area contributed by atoms with E-state index in [1.807, 2.05) is 0 Å². The molecule has 2 atom stereocenters. The molecule has 6 heteroatoms. The normalized spacial score (nSPS) is 13.7. The monoisotopic (exact) mass is 325 g/mol. The van der Waals surface area contributed by atoms with E-state index in [1.165, 1.54) is 19.2 Å². The third-order valence-corrected chi connectivity index (χ3v) is 3.61. The van der Waals surface area contributed by atoms with Crippen molar-refractivity contribution in [3.8, 4) is 5.75 Å². The van der Waals surface area contributed by atoms with Crippen molar-refractivity contribution in [3.63, 3.8) is 0 Å². The van der Waals surface area contributed by atoms with Crippen LogP contribution in [0.1, 0.15) is 30.2 Å². The van der Waals surface area contributed by atoms with Crippen LogP contribution in [0, 0.1) is 17.5 Å². The molecule has 0 amide bonds. The van der Waals surface area contributed by atoms with E-state index < -0.39 is 29.6 Å². The number of nitrogens with one attached hydrogen (secondary N) is 1. The molecule has 0 spiro atoms. The number of rotatable bonds is 6. The zero-order chi connectivity index (χ0) is 17.0. The molecule has 0 bridgehead atoms. The summed E-state index contributed by atoms with van der Waals surface area (Å²) in [5.74, 6) is -2.03. The molecule has 2 aromatic carbocycles. The van der Waals surface area contributed by atoms with Gasteiger partial charge in [-0.15, -0.1) is 0 Å². The van der Waals surface area contributed by atoms with Gasteiger partial charge < -0.3 is 15.2 Å². The van der Waals surface area contributed by atoms with Gasteiger partial charge in [0.05, 0.1) is 13.2 Å². The Balaban J connectivity index is 2.06. The van der Waals surface area contributed by atoms with Crippen LogP contribution in [0.25, 0.3) is 0 Å². The van der Waals surface area contributed by atoms with Gasteiger partial charge in [0.2, 0.25) is 0 Å². The van der Waals surface area contributed by atoms with Gasteiger partial charge in [0, 0.05) is 18.2 Å². The van der Waals surface area contributed by atoms with E-state index in [9.17, 15) is 18.3 Å². The van der Waals surface area contributed by atoms with Crippen LogP contribution in [0.4, 0.5) is 13.2 Å². The highest BCUT2D eigenvalue weighted by Gasteiger charge is 2.18. The summed E-state index contributed by atoms with van der Waals surface area (Å²) in [5.41, 5.74) is 0.580. The molecule has 0 radical (unpaired) electrons. The zero-order valence-corrected chi connectivity index (χ0v) is 12.8. The SMILES string of the molecule is COc1cccc(F)c1C(C)NCC(O)c1ccc(F)c(F)c1. The highest BCUT2D eigenvalue weighted by Crippen LogP contribution is 2.28. The van der Waals surface area contributed by atoms with Crippen LogP contribution in [-0.2, 0) is 0 Å². The minimum Gasteiger partial charge on any atom is -0.496 e. The number of benzene rings is 2. The summed E-state index contributed by atoms with van der Waals surface area (Å²) in [7, 11) is 1.45. The number of aliphatic hydroxyl groups excluding tert-OH is 1. The maximum absolute atomic E-state index is 14.0. The Bertz CT molecular complexity index is 679. The van der Waals surface area contributed by atoms with Gasteiger partial charge in [0.1, 0.15) is 11.6 Å². The maximum atomic E-state index is 14.0. The molecule has 2 unspecified atom stereocenters. The van der Waals surface area contributed by atoms with Crippen molar-refractivity contribution in [2.24, 2.45) is 0 Å². The molecule has 0 aliphatic rings. The number of halogens is 3. The lowest BCUT2D eigenvalue weighted by Gasteiger charge is -2.20. The lowest BCUT2D eigenvalue weighted by molar-refractivity contribution is 0.169. The molecule has 0 aromatic heterocycles. The van der Waals surface area contributed by atoms with Gasteiger partial charge in [-0.1, -0.05) is 12.1 Å². The Hall–Kier alpha value is -2.05. The molecule has 0 fully saturated rings. The van der Waals surface area contributed by atoms with Crippen molar-refractivity contribution in [3.05, 3.63) is 65.0 Å². The first-order valence-corrected chi connectivity index (χ1v) is 7.12. The molecule has 124 valence electrons. The summed E-state index contributed by atoms with van der Waals surface area (Å²) in [6, 6.07) is 7.27. The minimum atomic E-state index is -1.05. The first-order chi connectivity index (χ1) is 10.9. The van der Waals surface area contributed by atoms with Crippen LogP contribution in [0.5, 0.6) is 5.75 Å². The van der Waals surface area contributed by atoms with E-state index in [4.69, 9.17) is 4.74 Å². The second-order valence-electron chi connectivity index (χ2n) is 5.18. The fourth-order valence-electron chi connectivity index (χ4n) is 2.34. The Morgan fingerprint density at radius 3 is 2.48 bits per heavy atom. The van der Waals surface area contributed by atoms with Gasteiger partial charge in [-0.25, -0.2) is 13.2 Å². The summed E-state index contributed by atoms with van der Waals surface area (Å²) in [6.45, 7) is 1.77. The van der Waals surface area contributed by atoms with E-state index in [0.29, 0.717) is 11.3 Å². The Morgan fingerprint density at radius 2 is 1.83 bits per heavy atom. The van der Waals surface area contributed by atoms with Crippen molar-refractivity contribution >= 4 is 0 Å². The molecule has 2 rings (SSSR count). The summed E-state index contributed by atoms with van der Waals surface area (Å²) in [5, 5.41) is 13.0. The Kier molecular flexibility index (Phi) is 5.63. The summed E-state index contributed by atoms with van der Waals surface area (Å²) in [4.78, 5) is 0. The van der Waals surface area contributed by atoms with Crippen LogP contribution >= 0.6 is 0 Å². The molecular formula is C17H18F3NO2. The van der Waals surface area contributed by atoms with E-state index in [2.05, 4.69) is 5.32 Å². The highest BCUT2D eigenvalue weighted by atomic mass is 19.2. The average molecular weight is 325 g/mol. The van der Waals surface area contributed by atoms with Gasteiger partial charge in [-0.05, 0) is 36.8 Å². The number of aliphatic hydroxyl groups is 1. The zero-order valence-electron chi connectivity index (χ0n) is 12.8. The Morgan fingerprint density at radius 1 is 1.09 bits per heavy atom. The van der Waals surface area contributed by atoms with E-state index in [-0.39, 0.29) is 12.1 Å².